The maximum Gasteiger partial charge on any atom is 0.345 e. The van der Waals surface area contributed by atoms with Crippen LogP contribution in [0.3, 0.4) is 0 Å². The van der Waals surface area contributed by atoms with E-state index in [1.165, 1.54) is 7.11 Å². The van der Waals surface area contributed by atoms with E-state index in [9.17, 15) is 4.79 Å². The number of aromatic nitrogens is 2. The lowest BCUT2D eigenvalue weighted by Gasteiger charge is -2.27. The molecule has 7 heteroatoms. The fraction of sp³-hybridized carbons (Fsp3) is 0.692. The first kappa shape index (κ1) is 14.6. The molecule has 20 heavy (non-hydrogen) atoms. The molecule has 0 aliphatic carbocycles. The predicted molar refractivity (Wildman–Crippen MR) is 76.0 cm³/mol. The minimum Gasteiger partial charge on any atom is -0.465 e. The highest BCUT2D eigenvalue weighted by molar-refractivity contribution is 5.99. The highest BCUT2D eigenvalue weighted by Gasteiger charge is 2.28. The van der Waals surface area contributed by atoms with Crippen molar-refractivity contribution in [2.24, 2.45) is 0 Å². The Labute approximate surface area is 118 Å². The lowest BCUT2D eigenvalue weighted by Crippen LogP contribution is -2.37. The van der Waals surface area contributed by atoms with Crippen LogP contribution in [0.15, 0.2) is 0 Å². The van der Waals surface area contributed by atoms with Gasteiger partial charge in [-0.15, -0.1) is 0 Å². The maximum atomic E-state index is 12.0. The first-order chi connectivity index (χ1) is 9.60. The van der Waals surface area contributed by atoms with E-state index in [1.807, 2.05) is 11.8 Å². The average Bonchev–Trinajstić information content (AvgIpc) is 2.84. The highest BCUT2D eigenvalue weighted by Crippen LogP contribution is 2.29. The first-order valence-electron chi connectivity index (χ1n) is 6.89. The topological polar surface area (TPSA) is 82.6 Å². The molecule has 1 fully saturated rings. The van der Waals surface area contributed by atoms with Gasteiger partial charge in [0.25, 0.3) is 0 Å². The van der Waals surface area contributed by atoms with Gasteiger partial charge in [-0.3, -0.25) is 0 Å². The summed E-state index contributed by atoms with van der Waals surface area (Å²) in [5.74, 6) is 0.518. The lowest BCUT2D eigenvalue weighted by atomic mass is 10.2. The monoisotopic (exact) mass is 282 g/mol. The minimum atomic E-state index is -0.446. The number of ether oxygens (including phenoxy) is 2. The molecule has 0 spiro atoms. The average molecular weight is 282 g/mol. The maximum absolute atomic E-state index is 12.0. The lowest BCUT2D eigenvalue weighted by molar-refractivity contribution is 0.0601. The Balaban J connectivity index is 2.44. The van der Waals surface area contributed by atoms with Crippen molar-refractivity contribution in [2.75, 3.05) is 44.0 Å². The number of hydrogen-bond acceptors (Lipinski definition) is 6. The van der Waals surface area contributed by atoms with Crippen LogP contribution in [-0.4, -0.2) is 49.2 Å². The molecule has 1 aromatic rings. The molecule has 1 saturated heterocycles. The summed E-state index contributed by atoms with van der Waals surface area (Å²) in [6, 6.07) is 0.133. The van der Waals surface area contributed by atoms with E-state index in [2.05, 4.69) is 12.0 Å². The van der Waals surface area contributed by atoms with Crippen molar-refractivity contribution >= 4 is 17.6 Å². The summed E-state index contributed by atoms with van der Waals surface area (Å²) in [6.45, 7) is 6.71. The molecular formula is C13H22N4O3. The second-order valence-corrected chi connectivity index (χ2v) is 4.88. The highest BCUT2D eigenvalue weighted by atomic mass is 16.5. The number of nitrogen functional groups attached to an aromatic ring is 1. The van der Waals surface area contributed by atoms with Crippen LogP contribution >= 0.6 is 0 Å². The normalized spacial score (nSPS) is 17.1. The molecule has 1 unspecified atom stereocenters. The Morgan fingerprint density at radius 1 is 1.50 bits per heavy atom. The fourth-order valence-electron chi connectivity index (χ4n) is 2.24. The Morgan fingerprint density at radius 3 is 2.70 bits per heavy atom. The van der Waals surface area contributed by atoms with Crippen molar-refractivity contribution in [3.8, 4) is 0 Å². The molecule has 2 rings (SSSR count). The first-order valence-corrected chi connectivity index (χ1v) is 6.89. The van der Waals surface area contributed by atoms with Crippen molar-refractivity contribution in [2.45, 2.75) is 26.3 Å². The van der Waals surface area contributed by atoms with Crippen molar-refractivity contribution in [3.63, 3.8) is 0 Å². The zero-order valence-corrected chi connectivity index (χ0v) is 12.3. The molecule has 1 aromatic heterocycles. The number of rotatable bonds is 4. The molecule has 0 bridgehead atoms. The second kappa shape index (κ2) is 6.13. The third-order valence-electron chi connectivity index (χ3n) is 3.64. The molecule has 0 saturated carbocycles. The minimum absolute atomic E-state index is 0.133. The van der Waals surface area contributed by atoms with Gasteiger partial charge in [0.05, 0.1) is 26.4 Å². The van der Waals surface area contributed by atoms with Crippen molar-refractivity contribution < 1.29 is 14.3 Å². The van der Waals surface area contributed by atoms with Gasteiger partial charge in [0, 0.05) is 13.1 Å². The van der Waals surface area contributed by atoms with Gasteiger partial charge in [0.2, 0.25) is 0 Å². The Bertz CT molecular complexity index is 480. The molecular weight excluding hydrogens is 260 g/mol. The van der Waals surface area contributed by atoms with Crippen LogP contribution in [0.4, 0.5) is 11.6 Å². The van der Waals surface area contributed by atoms with E-state index >= 15 is 0 Å². The molecule has 0 radical (unpaired) electrons. The quantitative estimate of drug-likeness (QED) is 0.831. The van der Waals surface area contributed by atoms with Crippen molar-refractivity contribution in [1.82, 2.24) is 9.78 Å². The van der Waals surface area contributed by atoms with Gasteiger partial charge in [0.15, 0.2) is 5.82 Å². The number of methoxy groups -OCH3 is 1. The van der Waals surface area contributed by atoms with Crippen LogP contribution in [0, 0.1) is 0 Å². The van der Waals surface area contributed by atoms with E-state index in [1.54, 1.807) is 4.68 Å². The number of carbonyl (C=O) groups is 1. The molecule has 2 heterocycles. The van der Waals surface area contributed by atoms with Gasteiger partial charge >= 0.3 is 5.97 Å². The Kier molecular flexibility index (Phi) is 4.49. The van der Waals surface area contributed by atoms with Crippen LogP contribution < -0.4 is 10.6 Å². The van der Waals surface area contributed by atoms with Crippen LogP contribution in [0.1, 0.15) is 36.7 Å². The fourth-order valence-corrected chi connectivity index (χ4v) is 2.24. The SMILES string of the molecule is CCC(C)n1nc(N2CCOCC2)c(C(=O)OC)c1N. The molecule has 1 aliphatic rings. The number of nitrogens with two attached hydrogens (primary N) is 1. The van der Waals surface area contributed by atoms with E-state index in [0.717, 1.165) is 6.42 Å². The molecule has 0 amide bonds. The van der Waals surface area contributed by atoms with E-state index in [4.69, 9.17) is 15.2 Å². The predicted octanol–water partition coefficient (Wildman–Crippen LogP) is 1.06. The van der Waals surface area contributed by atoms with Gasteiger partial charge in [0.1, 0.15) is 11.4 Å². The molecule has 1 atom stereocenters. The standard InChI is InChI=1S/C13H22N4O3/c1-4-9(2)17-11(14)10(13(18)19-3)12(15-17)16-5-7-20-8-6-16/h9H,4-8,14H2,1-3H3. The molecule has 2 N–H and O–H groups in total. The summed E-state index contributed by atoms with van der Waals surface area (Å²) in [5.41, 5.74) is 6.46. The summed E-state index contributed by atoms with van der Waals surface area (Å²) in [7, 11) is 1.35. The number of esters is 1. The van der Waals surface area contributed by atoms with E-state index in [0.29, 0.717) is 43.5 Å². The van der Waals surface area contributed by atoms with Crippen LogP contribution in [-0.2, 0) is 9.47 Å². The van der Waals surface area contributed by atoms with E-state index in [-0.39, 0.29) is 6.04 Å². The molecule has 7 nitrogen and oxygen atoms in total. The summed E-state index contributed by atoms with van der Waals surface area (Å²) in [4.78, 5) is 14.0. The number of hydrogen-bond donors (Lipinski definition) is 1. The van der Waals surface area contributed by atoms with Gasteiger partial charge < -0.3 is 20.1 Å². The summed E-state index contributed by atoms with van der Waals surface area (Å²) in [6.07, 6.45) is 0.884. The van der Waals surface area contributed by atoms with Gasteiger partial charge in [-0.2, -0.15) is 5.10 Å². The Hall–Kier alpha value is -1.76. The third-order valence-corrected chi connectivity index (χ3v) is 3.64. The van der Waals surface area contributed by atoms with Gasteiger partial charge in [-0.05, 0) is 13.3 Å². The molecule has 1 aliphatic heterocycles. The Morgan fingerprint density at radius 2 is 2.15 bits per heavy atom. The van der Waals surface area contributed by atoms with Crippen LogP contribution in [0.5, 0.6) is 0 Å². The molecule has 0 aromatic carbocycles. The van der Waals surface area contributed by atoms with Crippen molar-refractivity contribution in [1.29, 1.82) is 0 Å². The molecule has 112 valence electrons. The van der Waals surface area contributed by atoms with E-state index < -0.39 is 5.97 Å². The number of anilines is 2. The second-order valence-electron chi connectivity index (χ2n) is 4.88. The largest absolute Gasteiger partial charge is 0.465 e. The number of nitrogens with zero attached hydrogens (tertiary/aromatic N) is 3. The number of morpholine rings is 1. The summed E-state index contributed by atoms with van der Waals surface area (Å²) in [5, 5.41) is 4.53. The van der Waals surface area contributed by atoms with Crippen LogP contribution in [0.25, 0.3) is 0 Å². The number of carbonyl (C=O) groups excluding carboxylic acids is 1. The smallest absolute Gasteiger partial charge is 0.345 e. The van der Waals surface area contributed by atoms with Gasteiger partial charge in [-0.1, -0.05) is 6.92 Å². The third kappa shape index (κ3) is 2.58. The zero-order valence-electron chi connectivity index (χ0n) is 12.3. The summed E-state index contributed by atoms with van der Waals surface area (Å²) >= 11 is 0. The zero-order chi connectivity index (χ0) is 14.7. The van der Waals surface area contributed by atoms with Crippen LogP contribution in [0.2, 0.25) is 0 Å². The van der Waals surface area contributed by atoms with Crippen molar-refractivity contribution in [3.05, 3.63) is 5.56 Å². The van der Waals surface area contributed by atoms with Gasteiger partial charge in [-0.25, -0.2) is 9.48 Å². The summed E-state index contributed by atoms with van der Waals surface area (Å²) < 4.78 is 11.9.